The first-order valence-corrected chi connectivity index (χ1v) is 4.61. The van der Waals surface area contributed by atoms with Gasteiger partial charge in [-0.1, -0.05) is 0 Å². The summed E-state index contributed by atoms with van der Waals surface area (Å²) in [7, 11) is -2.65. The number of methoxy groups -OCH3 is 1. The highest BCUT2D eigenvalue weighted by molar-refractivity contribution is 7.92. The molecule has 1 unspecified atom stereocenters. The molecule has 5 nitrogen and oxygen atoms in total. The molecule has 6 heteroatoms. The van der Waals surface area contributed by atoms with Gasteiger partial charge in [-0.15, -0.1) is 0 Å². The van der Waals surface area contributed by atoms with Crippen LogP contribution in [-0.2, 0) is 24.2 Å². The van der Waals surface area contributed by atoms with E-state index in [-0.39, 0.29) is 6.29 Å². The van der Waals surface area contributed by atoms with Crippen molar-refractivity contribution in [3.8, 4) is 0 Å². The fourth-order valence-electron chi connectivity index (χ4n) is 0.447. The van der Waals surface area contributed by atoms with E-state index in [1.807, 2.05) is 0 Å². The molecule has 0 aromatic rings. The van der Waals surface area contributed by atoms with Gasteiger partial charge in [0.2, 0.25) is 5.25 Å². The standard InChI is InChI=1S/C5H8O5S/c1-10-5(7)4(3-6)11(2,8)9/h3-4H,1-2H3. The number of ether oxygens (including phenoxy) is 1. The highest BCUT2D eigenvalue weighted by Crippen LogP contribution is 1.97. The van der Waals surface area contributed by atoms with Gasteiger partial charge >= 0.3 is 5.97 Å². The maximum atomic E-state index is 10.6. The Bertz CT molecular complexity index is 252. The van der Waals surface area contributed by atoms with E-state index in [4.69, 9.17) is 0 Å². The smallest absolute Gasteiger partial charge is 0.331 e. The highest BCUT2D eigenvalue weighted by atomic mass is 32.2. The Morgan fingerprint density at radius 3 is 2.09 bits per heavy atom. The van der Waals surface area contributed by atoms with Crippen LogP contribution >= 0.6 is 0 Å². The fraction of sp³-hybridized carbons (Fsp3) is 0.600. The molecule has 1 atom stereocenters. The summed E-state index contributed by atoms with van der Waals surface area (Å²) < 4.78 is 25.3. The van der Waals surface area contributed by atoms with Crippen molar-refractivity contribution in [1.29, 1.82) is 0 Å². The zero-order chi connectivity index (χ0) is 9.07. The maximum Gasteiger partial charge on any atom is 0.331 e. The molecule has 64 valence electrons. The molecule has 0 bridgehead atoms. The Morgan fingerprint density at radius 2 is 2.00 bits per heavy atom. The van der Waals surface area contributed by atoms with E-state index in [1.165, 1.54) is 0 Å². The van der Waals surface area contributed by atoms with Crippen LogP contribution in [0.3, 0.4) is 0 Å². The summed E-state index contributed by atoms with van der Waals surface area (Å²) in [4.78, 5) is 20.6. The minimum Gasteiger partial charge on any atom is -0.468 e. The second kappa shape index (κ2) is 3.47. The number of esters is 1. The van der Waals surface area contributed by atoms with Crippen molar-refractivity contribution >= 4 is 22.1 Å². The molecule has 0 N–H and O–H groups in total. The molecule has 0 aliphatic rings. The van der Waals surface area contributed by atoms with Crippen molar-refractivity contribution in [1.82, 2.24) is 0 Å². The molecule has 0 aliphatic heterocycles. The van der Waals surface area contributed by atoms with Crippen LogP contribution in [0.2, 0.25) is 0 Å². The quantitative estimate of drug-likeness (QED) is 0.309. The van der Waals surface area contributed by atoms with Gasteiger partial charge in [0.05, 0.1) is 7.11 Å². The van der Waals surface area contributed by atoms with Gasteiger partial charge < -0.3 is 9.53 Å². The van der Waals surface area contributed by atoms with Crippen molar-refractivity contribution < 1.29 is 22.7 Å². The normalized spacial score (nSPS) is 13.6. The summed E-state index contributed by atoms with van der Waals surface area (Å²) in [6.07, 6.45) is 0.837. The third kappa shape index (κ3) is 2.67. The lowest BCUT2D eigenvalue weighted by Gasteiger charge is -2.03. The average Bonchev–Trinajstić information content (AvgIpc) is 1.86. The largest absolute Gasteiger partial charge is 0.468 e. The zero-order valence-electron chi connectivity index (χ0n) is 6.10. The first-order chi connectivity index (χ1) is 4.93. The lowest BCUT2D eigenvalue weighted by atomic mass is 10.5. The molecule has 0 radical (unpaired) electrons. The third-order valence-electron chi connectivity index (χ3n) is 1.02. The number of carbonyl (C=O) groups is 2. The Morgan fingerprint density at radius 1 is 1.55 bits per heavy atom. The van der Waals surface area contributed by atoms with E-state index < -0.39 is 21.1 Å². The molecular formula is C5H8O5S. The van der Waals surface area contributed by atoms with E-state index in [9.17, 15) is 18.0 Å². The van der Waals surface area contributed by atoms with E-state index in [2.05, 4.69) is 4.74 Å². The van der Waals surface area contributed by atoms with Gasteiger partial charge in [0.25, 0.3) is 0 Å². The molecule has 0 aromatic carbocycles. The summed E-state index contributed by atoms with van der Waals surface area (Å²) >= 11 is 0. The topological polar surface area (TPSA) is 77.5 Å². The van der Waals surface area contributed by atoms with Crippen LogP contribution in [0.1, 0.15) is 0 Å². The van der Waals surface area contributed by atoms with Gasteiger partial charge in [-0.05, 0) is 0 Å². The molecule has 0 saturated carbocycles. The Hall–Kier alpha value is -0.910. The van der Waals surface area contributed by atoms with Gasteiger partial charge in [-0.2, -0.15) is 0 Å². The predicted molar refractivity (Wildman–Crippen MR) is 36.7 cm³/mol. The van der Waals surface area contributed by atoms with Crippen LogP contribution in [0.5, 0.6) is 0 Å². The molecule has 11 heavy (non-hydrogen) atoms. The SMILES string of the molecule is COC(=O)C(C=O)S(C)(=O)=O. The molecule has 0 spiro atoms. The average molecular weight is 180 g/mol. The van der Waals surface area contributed by atoms with E-state index in [0.717, 1.165) is 13.4 Å². The summed E-state index contributed by atoms with van der Waals surface area (Å²) in [5.41, 5.74) is 0. The number of carbonyl (C=O) groups excluding carboxylic acids is 2. The predicted octanol–water partition coefficient (Wildman–Crippen LogP) is -1.23. The van der Waals surface area contributed by atoms with Gasteiger partial charge in [0.1, 0.15) is 6.29 Å². The molecular weight excluding hydrogens is 172 g/mol. The van der Waals surface area contributed by atoms with Crippen LogP contribution in [-0.4, -0.2) is 39.3 Å². The van der Waals surface area contributed by atoms with Crippen molar-refractivity contribution in [2.45, 2.75) is 5.25 Å². The molecule has 0 fully saturated rings. The lowest BCUT2D eigenvalue weighted by Crippen LogP contribution is -2.31. The van der Waals surface area contributed by atoms with Crippen LogP contribution in [0, 0.1) is 0 Å². The van der Waals surface area contributed by atoms with Gasteiger partial charge in [0.15, 0.2) is 9.84 Å². The molecule has 0 saturated heterocycles. The minimum atomic E-state index is -3.67. The number of sulfone groups is 1. The van der Waals surface area contributed by atoms with Crippen molar-refractivity contribution in [3.05, 3.63) is 0 Å². The molecule has 0 rings (SSSR count). The number of rotatable bonds is 3. The molecule has 0 aromatic heterocycles. The second-order valence-electron chi connectivity index (χ2n) is 1.91. The van der Waals surface area contributed by atoms with Gasteiger partial charge in [-0.25, -0.2) is 8.42 Å². The first-order valence-electron chi connectivity index (χ1n) is 2.65. The van der Waals surface area contributed by atoms with E-state index >= 15 is 0 Å². The third-order valence-corrected chi connectivity index (χ3v) is 2.24. The minimum absolute atomic E-state index is 0.0428. The highest BCUT2D eigenvalue weighted by Gasteiger charge is 2.28. The van der Waals surface area contributed by atoms with Crippen LogP contribution < -0.4 is 0 Å². The molecule has 0 heterocycles. The number of aldehydes is 1. The molecule has 0 amide bonds. The maximum absolute atomic E-state index is 10.6. The number of hydrogen-bond donors (Lipinski definition) is 0. The van der Waals surface area contributed by atoms with Gasteiger partial charge in [-0.3, -0.25) is 4.79 Å². The first kappa shape index (κ1) is 10.1. The van der Waals surface area contributed by atoms with Crippen LogP contribution in [0.25, 0.3) is 0 Å². The Balaban J connectivity index is 4.70. The summed E-state index contributed by atoms with van der Waals surface area (Å²) in [6, 6.07) is 0. The zero-order valence-corrected chi connectivity index (χ0v) is 6.92. The summed E-state index contributed by atoms with van der Waals surface area (Å²) in [5.74, 6) is -1.05. The van der Waals surface area contributed by atoms with Crippen LogP contribution in [0.4, 0.5) is 0 Å². The Kier molecular flexibility index (Phi) is 3.18. The Labute approximate surface area is 64.3 Å². The van der Waals surface area contributed by atoms with E-state index in [0.29, 0.717) is 0 Å². The fourth-order valence-corrected chi connectivity index (χ4v) is 1.10. The number of hydrogen-bond acceptors (Lipinski definition) is 5. The summed E-state index contributed by atoms with van der Waals surface area (Å²) in [6.45, 7) is 0. The lowest BCUT2D eigenvalue weighted by molar-refractivity contribution is -0.141. The van der Waals surface area contributed by atoms with Gasteiger partial charge in [0, 0.05) is 6.26 Å². The second-order valence-corrected chi connectivity index (χ2v) is 4.08. The van der Waals surface area contributed by atoms with Crippen molar-refractivity contribution in [2.75, 3.05) is 13.4 Å². The monoisotopic (exact) mass is 180 g/mol. The van der Waals surface area contributed by atoms with Crippen LogP contribution in [0.15, 0.2) is 0 Å². The van der Waals surface area contributed by atoms with Crippen molar-refractivity contribution in [2.24, 2.45) is 0 Å². The van der Waals surface area contributed by atoms with E-state index in [1.54, 1.807) is 0 Å². The molecule has 0 aliphatic carbocycles. The van der Waals surface area contributed by atoms with Crippen molar-refractivity contribution in [3.63, 3.8) is 0 Å². The summed E-state index contributed by atoms with van der Waals surface area (Å²) in [5, 5.41) is -1.69.